The van der Waals surface area contributed by atoms with Crippen LogP contribution >= 0.6 is 0 Å². The van der Waals surface area contributed by atoms with Crippen LogP contribution in [0.3, 0.4) is 0 Å². The number of carbonyl (C=O) groups excluding carboxylic acids is 1. The molecule has 1 unspecified atom stereocenters. The van der Waals surface area contributed by atoms with Crippen LogP contribution in [0.15, 0.2) is 48.5 Å². The number of halogens is 2. The van der Waals surface area contributed by atoms with Gasteiger partial charge in [-0.05, 0) is 17.7 Å². The molecule has 0 aromatic heterocycles. The van der Waals surface area contributed by atoms with Crippen molar-refractivity contribution in [1.29, 1.82) is 0 Å². The summed E-state index contributed by atoms with van der Waals surface area (Å²) in [6, 6.07) is 12.6. The third-order valence-corrected chi connectivity index (χ3v) is 3.39. The average Bonchev–Trinajstić information content (AvgIpc) is 2.47. The molecule has 2 aromatic carbocycles. The molecule has 0 radical (unpaired) electrons. The van der Waals surface area contributed by atoms with Crippen molar-refractivity contribution in [3.63, 3.8) is 0 Å². The van der Waals surface area contributed by atoms with Gasteiger partial charge in [-0.15, -0.1) is 0 Å². The molecule has 2 aromatic rings. The van der Waals surface area contributed by atoms with Crippen LogP contribution in [0.5, 0.6) is 0 Å². The van der Waals surface area contributed by atoms with Crippen molar-refractivity contribution >= 4 is 5.91 Å². The Morgan fingerprint density at radius 2 is 1.70 bits per heavy atom. The second kappa shape index (κ2) is 7.80. The Morgan fingerprint density at radius 3 is 2.26 bits per heavy atom. The number of primary amides is 1. The Kier molecular flexibility index (Phi) is 5.78. The van der Waals surface area contributed by atoms with Crippen LogP contribution in [-0.4, -0.2) is 29.0 Å². The molecule has 6 heteroatoms. The van der Waals surface area contributed by atoms with Crippen LogP contribution in [0.1, 0.15) is 17.2 Å². The predicted molar refractivity (Wildman–Crippen MR) is 82.2 cm³/mol. The molecule has 122 valence electrons. The maximum atomic E-state index is 13.7. The van der Waals surface area contributed by atoms with Crippen molar-refractivity contribution in [2.75, 3.05) is 13.1 Å². The number of rotatable bonds is 7. The van der Waals surface area contributed by atoms with Gasteiger partial charge >= 0.3 is 0 Å². The zero-order chi connectivity index (χ0) is 16.8. The van der Waals surface area contributed by atoms with Gasteiger partial charge in [0, 0.05) is 13.1 Å². The summed E-state index contributed by atoms with van der Waals surface area (Å²) in [5, 5.41) is 10.2. The number of aliphatic hydroxyl groups excluding tert-OH is 1. The van der Waals surface area contributed by atoms with Crippen LogP contribution in [0.25, 0.3) is 0 Å². The first-order valence-electron chi connectivity index (χ1n) is 7.14. The summed E-state index contributed by atoms with van der Waals surface area (Å²) < 4.78 is 27.5. The van der Waals surface area contributed by atoms with E-state index in [1.54, 1.807) is 4.90 Å². The lowest BCUT2D eigenvalue weighted by Gasteiger charge is -2.24. The minimum Gasteiger partial charge on any atom is -0.387 e. The lowest BCUT2D eigenvalue weighted by molar-refractivity contribution is -0.119. The summed E-state index contributed by atoms with van der Waals surface area (Å²) in [7, 11) is 0. The van der Waals surface area contributed by atoms with E-state index >= 15 is 0 Å². The standard InChI is InChI=1S/C17H18F2N2O2/c18-13-7-4-8-14(19)17(13)15(22)10-21(11-16(20)23)9-12-5-2-1-3-6-12/h1-8,15,22H,9-11H2,(H2,20,23). The summed E-state index contributed by atoms with van der Waals surface area (Å²) in [4.78, 5) is 12.8. The van der Waals surface area contributed by atoms with Crippen LogP contribution in [0.2, 0.25) is 0 Å². The number of aliphatic hydroxyl groups is 1. The maximum Gasteiger partial charge on any atom is 0.231 e. The molecule has 3 N–H and O–H groups in total. The van der Waals surface area contributed by atoms with Gasteiger partial charge in [0.2, 0.25) is 5.91 Å². The van der Waals surface area contributed by atoms with Crippen LogP contribution in [0.4, 0.5) is 8.78 Å². The van der Waals surface area contributed by atoms with Gasteiger partial charge in [-0.2, -0.15) is 0 Å². The summed E-state index contributed by atoms with van der Waals surface area (Å²) in [6.45, 7) is 0.0919. The molecule has 0 aliphatic rings. The lowest BCUT2D eigenvalue weighted by Crippen LogP contribution is -2.36. The van der Waals surface area contributed by atoms with E-state index < -0.39 is 29.2 Å². The molecular formula is C17H18F2N2O2. The molecular weight excluding hydrogens is 302 g/mol. The minimum atomic E-state index is -1.40. The zero-order valence-electron chi connectivity index (χ0n) is 12.5. The van der Waals surface area contributed by atoms with E-state index in [-0.39, 0.29) is 13.1 Å². The van der Waals surface area contributed by atoms with Crippen molar-refractivity contribution in [3.05, 3.63) is 71.3 Å². The van der Waals surface area contributed by atoms with Gasteiger partial charge in [-0.1, -0.05) is 36.4 Å². The Balaban J connectivity index is 2.15. The second-order valence-corrected chi connectivity index (χ2v) is 5.27. The van der Waals surface area contributed by atoms with Gasteiger partial charge in [-0.25, -0.2) is 8.78 Å². The van der Waals surface area contributed by atoms with E-state index in [0.29, 0.717) is 6.54 Å². The quantitative estimate of drug-likeness (QED) is 0.820. The highest BCUT2D eigenvalue weighted by Gasteiger charge is 2.21. The van der Waals surface area contributed by atoms with Gasteiger partial charge in [0.1, 0.15) is 11.6 Å². The molecule has 1 atom stereocenters. The van der Waals surface area contributed by atoms with Gasteiger partial charge < -0.3 is 10.8 Å². The lowest BCUT2D eigenvalue weighted by atomic mass is 10.1. The Bertz CT molecular complexity index is 645. The SMILES string of the molecule is NC(=O)CN(Cc1ccccc1)CC(O)c1c(F)cccc1F. The molecule has 0 spiro atoms. The first-order chi connectivity index (χ1) is 11.0. The van der Waals surface area contributed by atoms with Gasteiger partial charge in [-0.3, -0.25) is 9.69 Å². The Hall–Kier alpha value is -2.31. The van der Waals surface area contributed by atoms with Gasteiger partial charge in [0.05, 0.1) is 18.2 Å². The topological polar surface area (TPSA) is 66.6 Å². The monoisotopic (exact) mass is 320 g/mol. The molecule has 0 fully saturated rings. The first-order valence-corrected chi connectivity index (χ1v) is 7.14. The molecule has 4 nitrogen and oxygen atoms in total. The van der Waals surface area contributed by atoms with E-state index in [1.165, 1.54) is 6.07 Å². The highest BCUT2D eigenvalue weighted by atomic mass is 19.1. The number of hydrogen-bond acceptors (Lipinski definition) is 3. The summed E-state index contributed by atoms with van der Waals surface area (Å²) >= 11 is 0. The number of carbonyl (C=O) groups is 1. The van der Waals surface area contributed by atoms with Crippen LogP contribution < -0.4 is 5.73 Å². The fourth-order valence-corrected chi connectivity index (χ4v) is 2.41. The molecule has 0 saturated heterocycles. The molecule has 0 aliphatic heterocycles. The minimum absolute atomic E-state index is 0.115. The predicted octanol–water partition coefficient (Wildman–Crippen LogP) is 1.99. The normalized spacial score (nSPS) is 12.3. The van der Waals surface area contributed by atoms with Crippen molar-refractivity contribution in [1.82, 2.24) is 4.90 Å². The fraction of sp³-hybridized carbons (Fsp3) is 0.235. The highest BCUT2D eigenvalue weighted by Crippen LogP contribution is 2.22. The van der Waals surface area contributed by atoms with E-state index in [1.807, 2.05) is 30.3 Å². The molecule has 0 saturated carbocycles. The smallest absolute Gasteiger partial charge is 0.231 e. The molecule has 0 aliphatic carbocycles. The van der Waals surface area contributed by atoms with Crippen LogP contribution in [0, 0.1) is 11.6 Å². The van der Waals surface area contributed by atoms with E-state index in [9.17, 15) is 18.7 Å². The molecule has 2 rings (SSSR count). The number of benzene rings is 2. The van der Waals surface area contributed by atoms with E-state index in [4.69, 9.17) is 5.73 Å². The maximum absolute atomic E-state index is 13.7. The number of amides is 1. The first kappa shape index (κ1) is 17.1. The molecule has 1 amide bonds. The van der Waals surface area contributed by atoms with Gasteiger partial charge in [0.15, 0.2) is 0 Å². The van der Waals surface area contributed by atoms with Crippen molar-refractivity contribution in [2.45, 2.75) is 12.6 Å². The Labute approximate surface area is 133 Å². The van der Waals surface area contributed by atoms with E-state index in [2.05, 4.69) is 0 Å². The average molecular weight is 320 g/mol. The van der Waals surface area contributed by atoms with Gasteiger partial charge in [0.25, 0.3) is 0 Å². The zero-order valence-corrected chi connectivity index (χ0v) is 12.5. The van der Waals surface area contributed by atoms with Crippen molar-refractivity contribution in [3.8, 4) is 0 Å². The summed E-state index contributed by atoms with van der Waals surface area (Å²) in [5.41, 5.74) is 5.70. The number of nitrogens with two attached hydrogens (primary N) is 1. The molecule has 23 heavy (non-hydrogen) atoms. The fourth-order valence-electron chi connectivity index (χ4n) is 2.41. The summed E-state index contributed by atoms with van der Waals surface area (Å²) in [5.74, 6) is -2.23. The van der Waals surface area contributed by atoms with Crippen molar-refractivity contribution in [2.24, 2.45) is 5.73 Å². The second-order valence-electron chi connectivity index (χ2n) is 5.27. The Morgan fingerprint density at radius 1 is 1.09 bits per heavy atom. The van der Waals surface area contributed by atoms with E-state index in [0.717, 1.165) is 17.7 Å². The van der Waals surface area contributed by atoms with Crippen LogP contribution in [-0.2, 0) is 11.3 Å². The number of nitrogens with zero attached hydrogens (tertiary/aromatic N) is 1. The van der Waals surface area contributed by atoms with Crippen molar-refractivity contribution < 1.29 is 18.7 Å². The molecule has 0 bridgehead atoms. The summed E-state index contributed by atoms with van der Waals surface area (Å²) in [6.07, 6.45) is -1.40. The largest absolute Gasteiger partial charge is 0.387 e. The third kappa shape index (κ3) is 4.84. The highest BCUT2D eigenvalue weighted by molar-refractivity contribution is 5.75. The third-order valence-electron chi connectivity index (χ3n) is 3.39. The molecule has 0 heterocycles. The number of hydrogen-bond donors (Lipinski definition) is 2.